The van der Waals surface area contributed by atoms with Crippen molar-refractivity contribution < 1.29 is 0 Å². The van der Waals surface area contributed by atoms with Crippen LogP contribution in [0.25, 0.3) is 0 Å². The lowest BCUT2D eigenvalue weighted by atomic mass is 9.95. The fraction of sp³-hybridized carbons (Fsp3) is 0.938. The summed E-state index contributed by atoms with van der Waals surface area (Å²) in [4.78, 5) is 4.96. The summed E-state index contributed by atoms with van der Waals surface area (Å²) in [6.45, 7) is 7.40. The predicted octanol–water partition coefficient (Wildman–Crippen LogP) is 4.82. The van der Waals surface area contributed by atoms with E-state index in [1.54, 1.807) is 0 Å². The molecule has 19 heavy (non-hydrogen) atoms. The van der Waals surface area contributed by atoms with Crippen molar-refractivity contribution in [2.45, 2.75) is 95.9 Å². The number of aliphatic imine (C=N–C) groups is 1. The molecular weight excluding hydrogens is 248 g/mol. The summed E-state index contributed by atoms with van der Waals surface area (Å²) in [6, 6.07) is 1.41. The van der Waals surface area contributed by atoms with E-state index in [1.807, 2.05) is 0 Å². The highest BCUT2D eigenvalue weighted by molar-refractivity contribution is 6.75. The third-order valence-corrected chi connectivity index (χ3v) is 6.75. The first-order chi connectivity index (χ1) is 9.07. The zero-order valence-electron chi connectivity index (χ0n) is 13.2. The molecule has 0 aromatic rings. The van der Waals surface area contributed by atoms with Crippen LogP contribution in [0.4, 0.5) is 0 Å². The lowest BCUT2D eigenvalue weighted by Gasteiger charge is -2.41. The van der Waals surface area contributed by atoms with E-state index in [2.05, 4.69) is 30.5 Å². The van der Waals surface area contributed by atoms with Crippen molar-refractivity contribution >= 4 is 14.6 Å². The van der Waals surface area contributed by atoms with E-state index >= 15 is 0 Å². The van der Waals surface area contributed by atoms with Crippen molar-refractivity contribution in [2.24, 2.45) is 4.99 Å². The Morgan fingerprint density at radius 2 is 1.37 bits per heavy atom. The molecule has 0 radical (unpaired) electrons. The van der Waals surface area contributed by atoms with Gasteiger partial charge in [0, 0.05) is 6.04 Å². The Kier molecular flexibility index (Phi) is 5.49. The normalized spacial score (nSPS) is 23.9. The molecular formula is C16H32N2Si. The van der Waals surface area contributed by atoms with E-state index < -0.39 is 8.24 Å². The van der Waals surface area contributed by atoms with E-state index in [1.165, 1.54) is 64.2 Å². The first-order valence-electron chi connectivity index (χ1n) is 8.39. The Labute approximate surface area is 120 Å². The number of hydrogen-bond donors (Lipinski definition) is 0. The molecule has 3 heteroatoms. The summed E-state index contributed by atoms with van der Waals surface area (Å²) in [5, 5.41) is 0. The second-order valence-electron chi connectivity index (χ2n) is 7.43. The van der Waals surface area contributed by atoms with Crippen LogP contribution in [0.5, 0.6) is 0 Å². The third-order valence-electron chi connectivity index (χ3n) is 4.72. The third kappa shape index (κ3) is 4.62. The SMILES string of the molecule is C[Si](C)(C)N(/C=N/C1CCCCC1)C1CCCCC1. The van der Waals surface area contributed by atoms with Crippen LogP contribution >= 0.6 is 0 Å². The van der Waals surface area contributed by atoms with Crippen LogP contribution in [0.2, 0.25) is 19.6 Å². The number of hydrogen-bond acceptors (Lipinski definition) is 1. The topological polar surface area (TPSA) is 15.6 Å². The quantitative estimate of drug-likeness (QED) is 0.409. The fourth-order valence-corrected chi connectivity index (χ4v) is 5.34. The highest BCUT2D eigenvalue weighted by Gasteiger charge is 2.29. The van der Waals surface area contributed by atoms with E-state index in [-0.39, 0.29) is 0 Å². The zero-order valence-corrected chi connectivity index (χ0v) is 14.2. The summed E-state index contributed by atoms with van der Waals surface area (Å²) < 4.78 is 2.70. The molecule has 0 atom stereocenters. The molecule has 2 nitrogen and oxygen atoms in total. The smallest absolute Gasteiger partial charge is 0.148 e. The van der Waals surface area contributed by atoms with E-state index in [9.17, 15) is 0 Å². The molecule has 0 unspecified atom stereocenters. The average Bonchev–Trinajstić information content (AvgIpc) is 2.40. The summed E-state index contributed by atoms with van der Waals surface area (Å²) in [5.41, 5.74) is 0. The summed E-state index contributed by atoms with van der Waals surface area (Å²) in [7, 11) is -1.27. The standard InChI is InChI=1S/C16H32N2Si/c1-19(2,3)18(16-12-8-5-9-13-16)14-17-15-10-6-4-7-11-15/h14-16H,4-13H2,1-3H3/b17-14+. The number of nitrogens with zero attached hydrogens (tertiary/aromatic N) is 2. The van der Waals surface area contributed by atoms with Crippen molar-refractivity contribution in [3.05, 3.63) is 0 Å². The maximum atomic E-state index is 4.96. The maximum Gasteiger partial charge on any atom is 0.148 e. The second kappa shape index (κ2) is 6.92. The Morgan fingerprint density at radius 3 is 1.89 bits per heavy atom. The molecule has 2 fully saturated rings. The van der Waals surface area contributed by atoms with Gasteiger partial charge in [0.15, 0.2) is 0 Å². The molecule has 0 bridgehead atoms. The minimum atomic E-state index is -1.27. The van der Waals surface area contributed by atoms with E-state index in [0.29, 0.717) is 6.04 Å². The molecule has 0 heterocycles. The van der Waals surface area contributed by atoms with Gasteiger partial charge in [-0.25, -0.2) is 0 Å². The molecule has 0 spiro atoms. The van der Waals surface area contributed by atoms with Crippen molar-refractivity contribution in [1.29, 1.82) is 0 Å². The molecule has 0 amide bonds. The van der Waals surface area contributed by atoms with Gasteiger partial charge in [0.05, 0.1) is 12.4 Å². The Balaban J connectivity index is 1.98. The number of rotatable bonds is 4. The van der Waals surface area contributed by atoms with Gasteiger partial charge in [-0.2, -0.15) is 0 Å². The summed E-state index contributed by atoms with van der Waals surface area (Å²) in [5.74, 6) is 0. The van der Waals surface area contributed by atoms with Gasteiger partial charge in [-0.15, -0.1) is 0 Å². The van der Waals surface area contributed by atoms with E-state index in [0.717, 1.165) is 6.04 Å². The average molecular weight is 281 g/mol. The van der Waals surface area contributed by atoms with Crippen LogP contribution in [-0.4, -0.2) is 31.2 Å². The van der Waals surface area contributed by atoms with Crippen LogP contribution in [0.15, 0.2) is 4.99 Å². The minimum Gasteiger partial charge on any atom is -0.387 e. The molecule has 0 aromatic heterocycles. The van der Waals surface area contributed by atoms with Crippen LogP contribution in [0.3, 0.4) is 0 Å². The molecule has 2 aliphatic carbocycles. The zero-order chi connectivity index (χ0) is 13.7. The van der Waals surface area contributed by atoms with Crippen LogP contribution in [0, 0.1) is 0 Å². The second-order valence-corrected chi connectivity index (χ2v) is 12.3. The molecule has 0 N–H and O–H groups in total. The van der Waals surface area contributed by atoms with Gasteiger partial charge in [0.2, 0.25) is 0 Å². The van der Waals surface area contributed by atoms with Gasteiger partial charge in [-0.05, 0) is 25.7 Å². The first-order valence-corrected chi connectivity index (χ1v) is 11.8. The Morgan fingerprint density at radius 1 is 0.842 bits per heavy atom. The molecule has 110 valence electrons. The molecule has 0 aromatic carbocycles. The lowest BCUT2D eigenvalue weighted by Crippen LogP contribution is -2.51. The van der Waals surface area contributed by atoms with Crippen LogP contribution in [0.1, 0.15) is 64.2 Å². The maximum absolute atomic E-state index is 4.96. The van der Waals surface area contributed by atoms with Gasteiger partial charge >= 0.3 is 0 Å². The van der Waals surface area contributed by atoms with Crippen LogP contribution < -0.4 is 0 Å². The fourth-order valence-electron chi connectivity index (χ4n) is 3.57. The van der Waals surface area contributed by atoms with Gasteiger partial charge in [-0.1, -0.05) is 58.2 Å². The molecule has 2 saturated carbocycles. The van der Waals surface area contributed by atoms with Gasteiger partial charge < -0.3 is 4.57 Å². The predicted molar refractivity (Wildman–Crippen MR) is 87.4 cm³/mol. The molecule has 2 aliphatic rings. The van der Waals surface area contributed by atoms with Gasteiger partial charge in [-0.3, -0.25) is 4.99 Å². The summed E-state index contributed by atoms with van der Waals surface area (Å²) >= 11 is 0. The highest BCUT2D eigenvalue weighted by Crippen LogP contribution is 2.26. The molecule has 2 rings (SSSR count). The van der Waals surface area contributed by atoms with Crippen molar-refractivity contribution in [3.63, 3.8) is 0 Å². The Bertz CT molecular complexity index is 284. The largest absolute Gasteiger partial charge is 0.387 e. The highest BCUT2D eigenvalue weighted by atomic mass is 28.3. The van der Waals surface area contributed by atoms with Crippen LogP contribution in [-0.2, 0) is 0 Å². The Hall–Kier alpha value is -0.313. The van der Waals surface area contributed by atoms with Gasteiger partial charge in [0.1, 0.15) is 8.24 Å². The van der Waals surface area contributed by atoms with Crippen molar-refractivity contribution in [3.8, 4) is 0 Å². The summed E-state index contributed by atoms with van der Waals surface area (Å²) in [6.07, 6.45) is 16.2. The lowest BCUT2D eigenvalue weighted by molar-refractivity contribution is 0.325. The monoisotopic (exact) mass is 280 g/mol. The van der Waals surface area contributed by atoms with E-state index in [4.69, 9.17) is 4.99 Å². The minimum absolute atomic E-state index is 0.621. The van der Waals surface area contributed by atoms with Gasteiger partial charge in [0.25, 0.3) is 0 Å². The first kappa shape index (κ1) is 15.1. The molecule has 0 aliphatic heterocycles. The molecule has 0 saturated heterocycles. The van der Waals surface area contributed by atoms with Crippen molar-refractivity contribution in [1.82, 2.24) is 4.57 Å². The van der Waals surface area contributed by atoms with Crippen molar-refractivity contribution in [2.75, 3.05) is 0 Å².